The van der Waals surface area contributed by atoms with Crippen LogP contribution in [0, 0.1) is 30.6 Å². The fraction of sp³-hybridized carbons (Fsp3) is 0. The van der Waals surface area contributed by atoms with Gasteiger partial charge in [0.25, 0.3) is 0 Å². The molecule has 0 atom stereocenters. The van der Waals surface area contributed by atoms with Crippen molar-refractivity contribution in [2.75, 3.05) is 0 Å². The Kier molecular flexibility index (Phi) is 17.6. The molecule has 0 saturated heterocycles. The maximum absolute atomic E-state index is 8.25. The topological polar surface area (TPSA) is 132 Å². The number of hydrogen-bond donors (Lipinski definition) is 0. The zero-order valence-electron chi connectivity index (χ0n) is 3.92. The van der Waals surface area contributed by atoms with Gasteiger partial charge >= 0.3 is 19.8 Å². The average molecular weight is 194 g/mol. The molecule has 0 aromatic heterocycles. The van der Waals surface area contributed by atoms with Crippen molar-refractivity contribution in [2.45, 2.75) is 0 Å². The SMILES string of the molecule is O=[N+]([O-])[O-].O=[N+]([O-])[O-].[Ga+2]. The van der Waals surface area contributed by atoms with Crippen LogP contribution in [-0.2, 0) is 0 Å². The van der Waals surface area contributed by atoms with E-state index in [2.05, 4.69) is 0 Å². The van der Waals surface area contributed by atoms with E-state index in [4.69, 9.17) is 30.6 Å². The first-order chi connectivity index (χ1) is 3.46. The Morgan fingerprint density at radius 2 is 0.778 bits per heavy atom. The monoisotopic (exact) mass is 193 g/mol. The summed E-state index contributed by atoms with van der Waals surface area (Å²) in [6.45, 7) is 0. The summed E-state index contributed by atoms with van der Waals surface area (Å²) in [6, 6.07) is 0. The third kappa shape index (κ3) is 192. The van der Waals surface area contributed by atoms with Crippen molar-refractivity contribution in [3.8, 4) is 0 Å². The largest absolute Gasteiger partial charge is 2.00 e. The van der Waals surface area contributed by atoms with Gasteiger partial charge in [-0.25, -0.2) is 0 Å². The van der Waals surface area contributed by atoms with Gasteiger partial charge in [-0.15, -0.1) is 0 Å². The maximum Gasteiger partial charge on any atom is 2.00 e. The molecule has 0 aliphatic heterocycles. The van der Waals surface area contributed by atoms with Gasteiger partial charge in [-0.3, -0.25) is 0 Å². The fourth-order valence-corrected chi connectivity index (χ4v) is 0. The van der Waals surface area contributed by atoms with Crippen LogP contribution in [-0.4, -0.2) is 30.0 Å². The number of hydrogen-bond acceptors (Lipinski definition) is 6. The average Bonchev–Trinajstić information content (AvgIpc) is 1.25. The normalized spacial score (nSPS) is 5.33. The first-order valence-electron chi connectivity index (χ1n) is 1.10. The summed E-state index contributed by atoms with van der Waals surface area (Å²) < 4.78 is 0. The molecule has 0 amide bonds. The van der Waals surface area contributed by atoms with Gasteiger partial charge in [0.15, 0.2) is 0 Å². The molecule has 0 aliphatic rings. The smallest absolute Gasteiger partial charge is 0.356 e. The Morgan fingerprint density at radius 3 is 0.778 bits per heavy atom. The molecule has 1 radical (unpaired) electrons. The van der Waals surface area contributed by atoms with Crippen LogP contribution in [0.5, 0.6) is 0 Å². The van der Waals surface area contributed by atoms with E-state index in [0.717, 1.165) is 0 Å². The first-order valence-corrected chi connectivity index (χ1v) is 1.10. The van der Waals surface area contributed by atoms with Gasteiger partial charge in [-0.2, -0.15) is 0 Å². The van der Waals surface area contributed by atoms with E-state index < -0.39 is 10.2 Å². The Labute approximate surface area is 61.4 Å². The predicted octanol–water partition coefficient (Wildman–Crippen LogP) is -0.859. The van der Waals surface area contributed by atoms with Crippen molar-refractivity contribution in [1.82, 2.24) is 0 Å². The quantitative estimate of drug-likeness (QED) is 0.279. The van der Waals surface area contributed by atoms with Crippen molar-refractivity contribution >= 4 is 19.8 Å². The van der Waals surface area contributed by atoms with E-state index in [1.165, 1.54) is 0 Å². The van der Waals surface area contributed by atoms with E-state index in [9.17, 15) is 0 Å². The third-order valence-corrected chi connectivity index (χ3v) is 0. The van der Waals surface area contributed by atoms with Crippen LogP contribution in [0.1, 0.15) is 0 Å². The molecule has 9 heavy (non-hydrogen) atoms. The molecule has 0 aliphatic carbocycles. The van der Waals surface area contributed by atoms with Crippen LogP contribution < -0.4 is 0 Å². The Morgan fingerprint density at radius 1 is 0.778 bits per heavy atom. The second-order valence-electron chi connectivity index (χ2n) is 0.447. The summed E-state index contributed by atoms with van der Waals surface area (Å²) in [5.41, 5.74) is 0. The third-order valence-electron chi connectivity index (χ3n) is 0. The predicted molar refractivity (Wildman–Crippen MR) is 26.5 cm³/mol. The molecule has 49 valence electrons. The Bertz CT molecular complexity index is 69.1. The van der Waals surface area contributed by atoms with Crippen molar-refractivity contribution in [3.05, 3.63) is 30.6 Å². The molecule has 0 bridgehead atoms. The summed E-state index contributed by atoms with van der Waals surface area (Å²) in [5, 5.41) is 29.5. The minimum Gasteiger partial charge on any atom is -0.356 e. The molecule has 0 saturated carbocycles. The molecule has 0 aromatic rings. The molecule has 8 nitrogen and oxygen atoms in total. The van der Waals surface area contributed by atoms with E-state index >= 15 is 0 Å². The van der Waals surface area contributed by atoms with Crippen LogP contribution in [0.4, 0.5) is 0 Å². The van der Waals surface area contributed by atoms with Crippen molar-refractivity contribution in [1.29, 1.82) is 0 Å². The van der Waals surface area contributed by atoms with E-state index in [1.54, 1.807) is 0 Å². The summed E-state index contributed by atoms with van der Waals surface area (Å²) in [7, 11) is 0. The van der Waals surface area contributed by atoms with Crippen molar-refractivity contribution < 1.29 is 10.2 Å². The van der Waals surface area contributed by atoms with Crippen LogP contribution >= 0.6 is 0 Å². The Balaban J connectivity index is -0.0000000720. The molecular weight excluding hydrogens is 194 g/mol. The van der Waals surface area contributed by atoms with Gasteiger partial charge in [0.05, 0.1) is 10.2 Å². The molecule has 0 spiro atoms. The van der Waals surface area contributed by atoms with E-state index in [-0.39, 0.29) is 19.8 Å². The van der Waals surface area contributed by atoms with Crippen LogP contribution in [0.3, 0.4) is 0 Å². The molecule has 0 heterocycles. The zero-order valence-corrected chi connectivity index (χ0v) is 6.34. The molecule has 0 fully saturated rings. The second-order valence-corrected chi connectivity index (χ2v) is 0.447. The van der Waals surface area contributed by atoms with Gasteiger partial charge in [0.1, 0.15) is 0 Å². The van der Waals surface area contributed by atoms with Crippen molar-refractivity contribution in [3.63, 3.8) is 0 Å². The van der Waals surface area contributed by atoms with Gasteiger partial charge in [-0.1, -0.05) is 0 Å². The number of nitrogens with zero attached hydrogens (tertiary/aromatic N) is 2. The molecule has 0 rings (SSSR count). The summed E-state index contributed by atoms with van der Waals surface area (Å²) in [4.78, 5) is 16.5. The molecule has 0 aromatic carbocycles. The van der Waals surface area contributed by atoms with Gasteiger partial charge in [0, 0.05) is 0 Å². The summed E-state index contributed by atoms with van der Waals surface area (Å²) in [5.74, 6) is 0. The Hall–Kier alpha value is -0.964. The molecule has 9 heteroatoms. The minimum absolute atomic E-state index is 0. The number of rotatable bonds is 0. The van der Waals surface area contributed by atoms with Gasteiger partial charge in [0.2, 0.25) is 0 Å². The minimum atomic E-state index is -1.75. The second kappa shape index (κ2) is 10.1. The van der Waals surface area contributed by atoms with E-state index in [0.29, 0.717) is 0 Å². The summed E-state index contributed by atoms with van der Waals surface area (Å²) in [6.07, 6.45) is 0. The standard InChI is InChI=1S/Ga.2NO3/c;2*2-1(3)4/q+2;2*-1. The van der Waals surface area contributed by atoms with Gasteiger partial charge < -0.3 is 30.6 Å². The van der Waals surface area contributed by atoms with Gasteiger partial charge in [-0.05, 0) is 0 Å². The van der Waals surface area contributed by atoms with Crippen LogP contribution in [0.15, 0.2) is 0 Å². The van der Waals surface area contributed by atoms with Crippen LogP contribution in [0.2, 0.25) is 0 Å². The first kappa shape index (κ1) is 15.7. The maximum atomic E-state index is 8.25. The zero-order chi connectivity index (χ0) is 7.15. The fourth-order valence-electron chi connectivity index (χ4n) is 0. The molecular formula is GaN2O6. The van der Waals surface area contributed by atoms with Crippen molar-refractivity contribution in [2.24, 2.45) is 0 Å². The van der Waals surface area contributed by atoms with E-state index in [1.807, 2.05) is 0 Å². The van der Waals surface area contributed by atoms with Crippen LogP contribution in [0.25, 0.3) is 0 Å². The molecule has 0 N–H and O–H groups in total. The molecule has 0 unspecified atom stereocenters. The summed E-state index contributed by atoms with van der Waals surface area (Å²) >= 11 is 0.